The minimum absolute atomic E-state index is 0. The van der Waals surface area contributed by atoms with Gasteiger partial charge in [-0.2, -0.15) is 0 Å². The Kier molecular flexibility index (Phi) is 7.77. The topological polar surface area (TPSA) is 75.0 Å². The number of hydrogen-bond donors (Lipinski definition) is 1. The lowest BCUT2D eigenvalue weighted by Crippen LogP contribution is -2.20. The molecule has 0 aromatic carbocycles. The predicted octanol–water partition coefficient (Wildman–Crippen LogP) is -0.501. The summed E-state index contributed by atoms with van der Waals surface area (Å²) in [5, 5.41) is 3.26. The Morgan fingerprint density at radius 3 is 1.78 bits per heavy atom. The zero-order chi connectivity index (χ0) is 5.11. The molecule has 0 amide bonds. The first-order valence-corrected chi connectivity index (χ1v) is 3.11. The molecule has 58 valence electrons. The standard InChI is InChI=1S/C6H13N.2H2O/c1-7-6-4-2-3-5-6;;/h6-7H,2-5H2,1H3;2*1H2. The summed E-state index contributed by atoms with van der Waals surface area (Å²) < 4.78 is 0. The number of hydrogen-bond acceptors (Lipinski definition) is 1. The van der Waals surface area contributed by atoms with Gasteiger partial charge >= 0.3 is 0 Å². The van der Waals surface area contributed by atoms with E-state index >= 15 is 0 Å². The van der Waals surface area contributed by atoms with E-state index < -0.39 is 0 Å². The fourth-order valence-corrected chi connectivity index (χ4v) is 1.21. The van der Waals surface area contributed by atoms with E-state index in [1.807, 2.05) is 0 Å². The smallest absolute Gasteiger partial charge is 0.00640 e. The molecule has 5 N–H and O–H groups in total. The zero-order valence-electron chi connectivity index (χ0n) is 5.91. The van der Waals surface area contributed by atoms with Gasteiger partial charge in [-0.05, 0) is 19.9 Å². The highest BCUT2D eigenvalue weighted by Crippen LogP contribution is 2.16. The summed E-state index contributed by atoms with van der Waals surface area (Å²) in [5.41, 5.74) is 0. The molecule has 1 aliphatic rings. The SMILES string of the molecule is CNC1CCCC1.O.O. The van der Waals surface area contributed by atoms with Gasteiger partial charge in [0, 0.05) is 6.04 Å². The second kappa shape index (κ2) is 6.01. The van der Waals surface area contributed by atoms with Crippen molar-refractivity contribution >= 4 is 0 Å². The number of rotatable bonds is 1. The van der Waals surface area contributed by atoms with Crippen LogP contribution in [0.25, 0.3) is 0 Å². The minimum atomic E-state index is 0. The molecule has 1 rings (SSSR count). The third kappa shape index (κ3) is 3.46. The summed E-state index contributed by atoms with van der Waals surface area (Å²) in [6, 6.07) is 0.847. The van der Waals surface area contributed by atoms with Crippen molar-refractivity contribution in [1.82, 2.24) is 5.32 Å². The van der Waals surface area contributed by atoms with E-state index in [0.717, 1.165) is 6.04 Å². The van der Waals surface area contributed by atoms with Crippen LogP contribution in [0.2, 0.25) is 0 Å². The van der Waals surface area contributed by atoms with Crippen LogP contribution < -0.4 is 5.32 Å². The van der Waals surface area contributed by atoms with Gasteiger partial charge in [0.25, 0.3) is 0 Å². The highest BCUT2D eigenvalue weighted by molar-refractivity contribution is 4.70. The van der Waals surface area contributed by atoms with Gasteiger partial charge in [-0.1, -0.05) is 12.8 Å². The molecule has 0 spiro atoms. The van der Waals surface area contributed by atoms with Crippen LogP contribution in [0.1, 0.15) is 25.7 Å². The molecule has 1 saturated carbocycles. The lowest BCUT2D eigenvalue weighted by atomic mass is 10.3. The molecule has 3 nitrogen and oxygen atoms in total. The Bertz CT molecular complexity index is 53.0. The van der Waals surface area contributed by atoms with Gasteiger partial charge in [0.05, 0.1) is 0 Å². The van der Waals surface area contributed by atoms with Crippen LogP contribution in [0.3, 0.4) is 0 Å². The Balaban J connectivity index is 0. The maximum absolute atomic E-state index is 3.26. The van der Waals surface area contributed by atoms with Crippen molar-refractivity contribution in [3.63, 3.8) is 0 Å². The van der Waals surface area contributed by atoms with Crippen molar-refractivity contribution in [1.29, 1.82) is 0 Å². The molecule has 3 heteroatoms. The van der Waals surface area contributed by atoms with Gasteiger partial charge < -0.3 is 16.3 Å². The molecule has 0 radical (unpaired) electrons. The Morgan fingerprint density at radius 2 is 1.56 bits per heavy atom. The van der Waals surface area contributed by atoms with Gasteiger partial charge in [-0.15, -0.1) is 0 Å². The first kappa shape index (κ1) is 11.6. The second-order valence-electron chi connectivity index (χ2n) is 2.27. The number of nitrogens with one attached hydrogen (secondary N) is 1. The van der Waals surface area contributed by atoms with Crippen molar-refractivity contribution in [3.8, 4) is 0 Å². The van der Waals surface area contributed by atoms with Crippen molar-refractivity contribution < 1.29 is 11.0 Å². The molecule has 1 aliphatic carbocycles. The predicted molar refractivity (Wildman–Crippen MR) is 38.5 cm³/mol. The van der Waals surface area contributed by atoms with E-state index in [2.05, 4.69) is 12.4 Å². The zero-order valence-corrected chi connectivity index (χ0v) is 5.91. The molecule has 1 fully saturated rings. The molecule has 0 aliphatic heterocycles. The van der Waals surface area contributed by atoms with E-state index in [-0.39, 0.29) is 11.0 Å². The lowest BCUT2D eigenvalue weighted by Gasteiger charge is -2.03. The molecule has 0 saturated heterocycles. The largest absolute Gasteiger partial charge is 0.412 e. The molecule has 0 aromatic rings. The quantitative estimate of drug-likeness (QED) is 0.517. The monoisotopic (exact) mass is 135 g/mol. The average molecular weight is 135 g/mol. The summed E-state index contributed by atoms with van der Waals surface area (Å²) in [6.45, 7) is 0. The normalized spacial score (nSPS) is 18.3. The fraction of sp³-hybridized carbons (Fsp3) is 1.00. The van der Waals surface area contributed by atoms with Crippen LogP contribution in [-0.2, 0) is 0 Å². The van der Waals surface area contributed by atoms with Crippen LogP contribution in [0.4, 0.5) is 0 Å². The Labute approximate surface area is 56.1 Å². The van der Waals surface area contributed by atoms with Gasteiger partial charge in [0.2, 0.25) is 0 Å². The van der Waals surface area contributed by atoms with Crippen LogP contribution >= 0.6 is 0 Å². The Morgan fingerprint density at radius 1 is 1.11 bits per heavy atom. The summed E-state index contributed by atoms with van der Waals surface area (Å²) in [5.74, 6) is 0. The molecule has 0 unspecified atom stereocenters. The minimum Gasteiger partial charge on any atom is -0.412 e. The van der Waals surface area contributed by atoms with Crippen molar-refractivity contribution in [2.45, 2.75) is 31.7 Å². The molecular weight excluding hydrogens is 118 g/mol. The van der Waals surface area contributed by atoms with Gasteiger partial charge in [0.15, 0.2) is 0 Å². The molecule has 0 atom stereocenters. The van der Waals surface area contributed by atoms with Crippen LogP contribution in [0, 0.1) is 0 Å². The first-order chi connectivity index (χ1) is 3.43. The molecule has 0 bridgehead atoms. The van der Waals surface area contributed by atoms with Crippen molar-refractivity contribution in [2.24, 2.45) is 0 Å². The van der Waals surface area contributed by atoms with Gasteiger partial charge in [-0.25, -0.2) is 0 Å². The lowest BCUT2D eigenvalue weighted by molar-refractivity contribution is 0.582. The maximum Gasteiger partial charge on any atom is 0.00640 e. The molecular formula is C6H17NO2. The fourth-order valence-electron chi connectivity index (χ4n) is 1.21. The first-order valence-electron chi connectivity index (χ1n) is 3.11. The average Bonchev–Trinajstić information content (AvgIpc) is 2.14. The molecule has 0 heterocycles. The van der Waals surface area contributed by atoms with Gasteiger partial charge in [0.1, 0.15) is 0 Å². The third-order valence-electron chi connectivity index (χ3n) is 1.76. The van der Waals surface area contributed by atoms with E-state index in [0.29, 0.717) is 0 Å². The summed E-state index contributed by atoms with van der Waals surface area (Å²) in [7, 11) is 2.05. The van der Waals surface area contributed by atoms with E-state index in [1.165, 1.54) is 25.7 Å². The van der Waals surface area contributed by atoms with E-state index in [4.69, 9.17) is 0 Å². The maximum atomic E-state index is 3.26. The van der Waals surface area contributed by atoms with Crippen molar-refractivity contribution in [3.05, 3.63) is 0 Å². The summed E-state index contributed by atoms with van der Waals surface area (Å²) >= 11 is 0. The van der Waals surface area contributed by atoms with Crippen LogP contribution in [0.15, 0.2) is 0 Å². The van der Waals surface area contributed by atoms with Gasteiger partial charge in [-0.3, -0.25) is 0 Å². The highest BCUT2D eigenvalue weighted by atomic mass is 16.0. The summed E-state index contributed by atoms with van der Waals surface area (Å²) in [4.78, 5) is 0. The Hall–Kier alpha value is -0.120. The molecule has 0 aromatic heterocycles. The van der Waals surface area contributed by atoms with E-state index in [9.17, 15) is 0 Å². The molecule has 9 heavy (non-hydrogen) atoms. The third-order valence-corrected chi connectivity index (χ3v) is 1.76. The van der Waals surface area contributed by atoms with Crippen molar-refractivity contribution in [2.75, 3.05) is 7.05 Å². The highest BCUT2D eigenvalue weighted by Gasteiger charge is 2.10. The van der Waals surface area contributed by atoms with Crippen LogP contribution in [-0.4, -0.2) is 24.0 Å². The van der Waals surface area contributed by atoms with Crippen LogP contribution in [0.5, 0.6) is 0 Å². The second-order valence-corrected chi connectivity index (χ2v) is 2.27. The van der Waals surface area contributed by atoms with E-state index in [1.54, 1.807) is 0 Å². The summed E-state index contributed by atoms with van der Waals surface area (Å²) in [6.07, 6.45) is 5.67.